The fraction of sp³-hybridized carbons (Fsp3) is 0.154. The van der Waals surface area contributed by atoms with Crippen LogP contribution in [-0.4, -0.2) is 17.4 Å². The smallest absolute Gasteiger partial charge is 0.165 e. The number of nitrogens with zero attached hydrogens (tertiary/aromatic N) is 1. The second-order valence-corrected chi connectivity index (χ2v) is 3.60. The fourth-order valence-corrected chi connectivity index (χ4v) is 1.47. The molecule has 1 aromatic carbocycles. The number of benzene rings is 1. The number of hydrogen-bond acceptors (Lipinski definition) is 4. The van der Waals surface area contributed by atoms with Crippen LogP contribution >= 0.6 is 0 Å². The van der Waals surface area contributed by atoms with E-state index in [9.17, 15) is 5.11 Å². The van der Waals surface area contributed by atoms with Crippen molar-refractivity contribution in [3.63, 3.8) is 0 Å². The summed E-state index contributed by atoms with van der Waals surface area (Å²) in [6.45, 7) is 1.85. The number of hydrogen-bond donors (Lipinski definition) is 1. The molecule has 0 unspecified atom stereocenters. The third-order valence-electron chi connectivity index (χ3n) is 2.32. The van der Waals surface area contributed by atoms with Crippen LogP contribution in [0.25, 0.3) is 12.2 Å². The highest BCUT2D eigenvalue weighted by molar-refractivity contribution is 5.72. The number of aromatic nitrogens is 1. The van der Waals surface area contributed by atoms with Gasteiger partial charge >= 0.3 is 0 Å². The zero-order valence-electron chi connectivity index (χ0n) is 9.68. The van der Waals surface area contributed by atoms with Gasteiger partial charge in [0.15, 0.2) is 17.3 Å². The van der Waals surface area contributed by atoms with Crippen molar-refractivity contribution in [3.05, 3.63) is 41.3 Å². The Morgan fingerprint density at radius 1 is 1.35 bits per heavy atom. The third kappa shape index (κ3) is 2.47. The molecule has 0 spiro atoms. The molecule has 0 bridgehead atoms. The summed E-state index contributed by atoms with van der Waals surface area (Å²) in [6.07, 6.45) is 3.49. The van der Waals surface area contributed by atoms with Crippen LogP contribution in [0.4, 0.5) is 0 Å². The van der Waals surface area contributed by atoms with Crippen LogP contribution in [0.1, 0.15) is 17.0 Å². The monoisotopic (exact) mass is 231 g/mol. The Hall–Kier alpha value is -2.23. The van der Waals surface area contributed by atoms with Crippen LogP contribution in [0, 0.1) is 6.92 Å². The van der Waals surface area contributed by atoms with Crippen molar-refractivity contribution in [1.82, 2.24) is 5.16 Å². The first-order valence-corrected chi connectivity index (χ1v) is 5.18. The van der Waals surface area contributed by atoms with Crippen LogP contribution in [0.15, 0.2) is 28.8 Å². The lowest BCUT2D eigenvalue weighted by atomic mass is 10.1. The number of aromatic hydroxyl groups is 1. The van der Waals surface area contributed by atoms with Crippen molar-refractivity contribution in [1.29, 1.82) is 0 Å². The van der Waals surface area contributed by atoms with Crippen molar-refractivity contribution in [3.8, 4) is 11.5 Å². The van der Waals surface area contributed by atoms with Crippen LogP contribution in [0.5, 0.6) is 11.5 Å². The number of methoxy groups -OCH3 is 1. The molecule has 2 rings (SSSR count). The van der Waals surface area contributed by atoms with Crippen molar-refractivity contribution in [2.45, 2.75) is 6.92 Å². The van der Waals surface area contributed by atoms with Crippen LogP contribution in [0.2, 0.25) is 0 Å². The molecule has 0 fully saturated rings. The van der Waals surface area contributed by atoms with Gasteiger partial charge in [0, 0.05) is 11.6 Å². The van der Waals surface area contributed by atoms with E-state index in [1.807, 2.05) is 19.1 Å². The number of rotatable bonds is 3. The van der Waals surface area contributed by atoms with Gasteiger partial charge in [-0.15, -0.1) is 0 Å². The lowest BCUT2D eigenvalue weighted by molar-refractivity contribution is 0.373. The predicted molar refractivity (Wildman–Crippen MR) is 64.8 cm³/mol. The third-order valence-corrected chi connectivity index (χ3v) is 2.32. The van der Waals surface area contributed by atoms with E-state index in [-0.39, 0.29) is 5.75 Å². The van der Waals surface area contributed by atoms with E-state index < -0.39 is 0 Å². The maximum atomic E-state index is 9.85. The van der Waals surface area contributed by atoms with Gasteiger partial charge in [-0.3, -0.25) is 0 Å². The summed E-state index contributed by atoms with van der Waals surface area (Å²) < 4.78 is 10.1. The summed E-state index contributed by atoms with van der Waals surface area (Å²) in [5.74, 6) is 1.20. The average Bonchev–Trinajstić information content (AvgIpc) is 2.74. The minimum Gasteiger partial charge on any atom is -0.504 e. The van der Waals surface area contributed by atoms with Crippen molar-refractivity contribution < 1.29 is 14.4 Å². The lowest BCUT2D eigenvalue weighted by Gasteiger charge is -2.04. The Morgan fingerprint density at radius 3 is 2.82 bits per heavy atom. The topological polar surface area (TPSA) is 55.5 Å². The van der Waals surface area contributed by atoms with Crippen molar-refractivity contribution in [2.24, 2.45) is 0 Å². The van der Waals surface area contributed by atoms with Crippen molar-refractivity contribution in [2.75, 3.05) is 7.11 Å². The zero-order valence-corrected chi connectivity index (χ0v) is 9.68. The molecule has 17 heavy (non-hydrogen) atoms. The van der Waals surface area contributed by atoms with E-state index in [0.29, 0.717) is 17.1 Å². The molecule has 0 radical (unpaired) electrons. The summed E-state index contributed by atoms with van der Waals surface area (Å²) in [6, 6.07) is 7.11. The van der Waals surface area contributed by atoms with Gasteiger partial charge in [-0.05, 0) is 25.1 Å². The van der Waals surface area contributed by atoms with E-state index in [1.165, 1.54) is 7.11 Å². The van der Waals surface area contributed by atoms with E-state index in [1.54, 1.807) is 24.3 Å². The molecule has 4 heteroatoms. The SMILES string of the molecule is COc1cccc(C=Cc2cc(C)no2)c1O. The van der Waals surface area contributed by atoms with Gasteiger partial charge in [0.25, 0.3) is 0 Å². The van der Waals surface area contributed by atoms with E-state index in [2.05, 4.69) is 5.16 Å². The summed E-state index contributed by atoms with van der Waals surface area (Å²) in [5.41, 5.74) is 1.48. The molecule has 4 nitrogen and oxygen atoms in total. The standard InChI is InChI=1S/C13H13NO3/c1-9-8-11(17-14-9)7-6-10-4-3-5-12(16-2)13(10)15/h3-8,15H,1-2H3. The summed E-state index contributed by atoms with van der Waals surface area (Å²) >= 11 is 0. The number of para-hydroxylation sites is 1. The molecule has 0 saturated carbocycles. The highest BCUT2D eigenvalue weighted by atomic mass is 16.5. The van der Waals surface area contributed by atoms with Gasteiger partial charge in [0.1, 0.15) is 0 Å². The van der Waals surface area contributed by atoms with Crippen molar-refractivity contribution >= 4 is 12.2 Å². The summed E-state index contributed by atoms with van der Waals surface area (Å²) in [7, 11) is 1.52. The Bertz CT molecular complexity index is 543. The molecule has 88 valence electrons. The molecule has 0 saturated heterocycles. The number of aryl methyl sites for hydroxylation is 1. The first-order valence-electron chi connectivity index (χ1n) is 5.18. The molecule has 0 aliphatic rings. The maximum absolute atomic E-state index is 9.85. The number of phenolic OH excluding ortho intramolecular Hbond substituents is 1. The highest BCUT2D eigenvalue weighted by Crippen LogP contribution is 2.30. The lowest BCUT2D eigenvalue weighted by Crippen LogP contribution is -1.84. The highest BCUT2D eigenvalue weighted by Gasteiger charge is 2.04. The van der Waals surface area contributed by atoms with Crippen LogP contribution < -0.4 is 4.74 Å². The summed E-state index contributed by atoms with van der Waals surface area (Å²) in [4.78, 5) is 0. The number of phenols is 1. The Kier molecular flexibility index (Phi) is 3.14. The Balaban J connectivity index is 2.27. The zero-order chi connectivity index (χ0) is 12.3. The molecule has 0 aliphatic heterocycles. The quantitative estimate of drug-likeness (QED) is 0.882. The predicted octanol–water partition coefficient (Wildman–Crippen LogP) is 2.87. The van der Waals surface area contributed by atoms with E-state index in [4.69, 9.17) is 9.26 Å². The molecular weight excluding hydrogens is 218 g/mol. The first-order chi connectivity index (χ1) is 8.20. The largest absolute Gasteiger partial charge is 0.504 e. The minimum absolute atomic E-state index is 0.113. The normalized spacial score (nSPS) is 10.9. The molecule has 2 aromatic rings. The van der Waals surface area contributed by atoms with Gasteiger partial charge in [-0.25, -0.2) is 0 Å². The molecule has 1 N–H and O–H groups in total. The molecule has 0 amide bonds. The van der Waals surface area contributed by atoms with Gasteiger partial charge in [-0.2, -0.15) is 0 Å². The van der Waals surface area contributed by atoms with Gasteiger partial charge in [0.05, 0.1) is 12.8 Å². The van der Waals surface area contributed by atoms with Gasteiger partial charge in [-0.1, -0.05) is 17.3 Å². The minimum atomic E-state index is 0.113. The van der Waals surface area contributed by atoms with Gasteiger partial charge in [0.2, 0.25) is 0 Å². The first kappa shape index (κ1) is 11.3. The van der Waals surface area contributed by atoms with E-state index >= 15 is 0 Å². The molecule has 1 heterocycles. The second kappa shape index (κ2) is 4.74. The number of ether oxygens (including phenoxy) is 1. The maximum Gasteiger partial charge on any atom is 0.165 e. The molecule has 0 atom stereocenters. The average molecular weight is 231 g/mol. The molecule has 1 aromatic heterocycles. The molecule has 0 aliphatic carbocycles. The Labute approximate surface area is 99.1 Å². The second-order valence-electron chi connectivity index (χ2n) is 3.60. The van der Waals surface area contributed by atoms with E-state index in [0.717, 1.165) is 5.69 Å². The van der Waals surface area contributed by atoms with Crippen LogP contribution in [0.3, 0.4) is 0 Å². The summed E-state index contributed by atoms with van der Waals surface area (Å²) in [5, 5.41) is 13.6. The Morgan fingerprint density at radius 2 is 2.18 bits per heavy atom. The fourth-order valence-electron chi connectivity index (χ4n) is 1.47. The van der Waals surface area contributed by atoms with Gasteiger partial charge < -0.3 is 14.4 Å². The van der Waals surface area contributed by atoms with Crippen LogP contribution in [-0.2, 0) is 0 Å². The molecular formula is C13H13NO3.